The Morgan fingerprint density at radius 1 is 0.778 bits per heavy atom. The molecule has 0 bridgehead atoms. The van der Waals surface area contributed by atoms with Gasteiger partial charge in [-0.3, -0.25) is 4.90 Å². The molecule has 0 spiro atoms. The van der Waals surface area contributed by atoms with Gasteiger partial charge in [0.15, 0.2) is 0 Å². The largest absolute Gasteiger partial charge is 0.494 e. The summed E-state index contributed by atoms with van der Waals surface area (Å²) in [6, 6.07) is 8.72. The zero-order valence-corrected chi connectivity index (χ0v) is 17.9. The van der Waals surface area contributed by atoms with Crippen LogP contribution < -0.4 is 4.74 Å². The summed E-state index contributed by atoms with van der Waals surface area (Å²) in [4.78, 5) is 5.09. The van der Waals surface area contributed by atoms with E-state index in [0.29, 0.717) is 0 Å². The molecule has 154 valence electrons. The second kappa shape index (κ2) is 14.0. The van der Waals surface area contributed by atoms with E-state index >= 15 is 0 Å². The van der Waals surface area contributed by atoms with Crippen molar-refractivity contribution in [2.24, 2.45) is 0 Å². The Morgan fingerprint density at radius 3 is 2.07 bits per heavy atom. The summed E-state index contributed by atoms with van der Waals surface area (Å²) in [5.41, 5.74) is 1.38. The first kappa shape index (κ1) is 22.2. The molecule has 1 aromatic rings. The van der Waals surface area contributed by atoms with Crippen molar-refractivity contribution in [3.63, 3.8) is 0 Å². The Labute approximate surface area is 168 Å². The fraction of sp³-hybridized carbons (Fsp3) is 0.750. The molecule has 0 aliphatic carbocycles. The van der Waals surface area contributed by atoms with Gasteiger partial charge in [-0.2, -0.15) is 0 Å². The molecule has 0 amide bonds. The number of benzene rings is 1. The van der Waals surface area contributed by atoms with Gasteiger partial charge in [0, 0.05) is 32.7 Å². The van der Waals surface area contributed by atoms with Gasteiger partial charge >= 0.3 is 0 Å². The zero-order valence-electron chi connectivity index (χ0n) is 17.9. The van der Waals surface area contributed by atoms with E-state index in [4.69, 9.17) is 4.74 Å². The lowest BCUT2D eigenvalue weighted by molar-refractivity contribution is 0.132. The van der Waals surface area contributed by atoms with E-state index in [-0.39, 0.29) is 0 Å². The van der Waals surface area contributed by atoms with Crippen molar-refractivity contribution in [1.82, 2.24) is 9.80 Å². The second-order valence-electron chi connectivity index (χ2n) is 8.03. The number of likely N-dealkylation sites (N-methyl/N-ethyl adjacent to an activating group) is 1. The van der Waals surface area contributed by atoms with Crippen LogP contribution in [0.4, 0.5) is 0 Å². The normalized spacial score (nSPS) is 15.9. The molecule has 1 heterocycles. The molecule has 1 saturated heterocycles. The molecule has 0 atom stereocenters. The van der Waals surface area contributed by atoms with Crippen LogP contribution in [0.2, 0.25) is 0 Å². The van der Waals surface area contributed by atoms with Crippen molar-refractivity contribution in [3.05, 3.63) is 29.8 Å². The smallest absolute Gasteiger partial charge is 0.119 e. The zero-order chi connectivity index (χ0) is 19.2. The van der Waals surface area contributed by atoms with E-state index in [1.54, 1.807) is 0 Å². The average molecular weight is 375 g/mol. The van der Waals surface area contributed by atoms with E-state index in [1.165, 1.54) is 96.1 Å². The Hall–Kier alpha value is -1.06. The summed E-state index contributed by atoms with van der Waals surface area (Å²) in [5.74, 6) is 1.04. The molecule has 2 rings (SSSR count). The number of piperazine rings is 1. The number of hydrogen-bond acceptors (Lipinski definition) is 3. The summed E-state index contributed by atoms with van der Waals surface area (Å²) in [5, 5.41) is 0. The quantitative estimate of drug-likeness (QED) is 0.387. The third-order valence-electron chi connectivity index (χ3n) is 5.73. The molecular formula is C24H42N2O. The van der Waals surface area contributed by atoms with Gasteiger partial charge in [-0.15, -0.1) is 0 Å². The van der Waals surface area contributed by atoms with Gasteiger partial charge in [0.05, 0.1) is 6.61 Å². The van der Waals surface area contributed by atoms with Gasteiger partial charge in [0.1, 0.15) is 5.75 Å². The second-order valence-corrected chi connectivity index (χ2v) is 8.03. The van der Waals surface area contributed by atoms with Gasteiger partial charge in [0.2, 0.25) is 0 Å². The number of unbranched alkanes of at least 4 members (excludes halogenated alkanes) is 8. The molecule has 0 unspecified atom stereocenters. The highest BCUT2D eigenvalue weighted by atomic mass is 16.5. The topological polar surface area (TPSA) is 15.7 Å². The molecule has 0 radical (unpaired) electrons. The summed E-state index contributed by atoms with van der Waals surface area (Å²) in [6.45, 7) is 12.4. The first-order valence-electron chi connectivity index (χ1n) is 11.5. The highest BCUT2D eigenvalue weighted by Gasteiger charge is 2.15. The number of ether oxygens (including phenoxy) is 1. The van der Waals surface area contributed by atoms with Gasteiger partial charge in [0.25, 0.3) is 0 Å². The monoisotopic (exact) mass is 374 g/mol. The number of hydrogen-bond donors (Lipinski definition) is 0. The van der Waals surface area contributed by atoms with Crippen LogP contribution in [0, 0.1) is 0 Å². The summed E-state index contributed by atoms with van der Waals surface area (Å²) in [7, 11) is 0. The molecule has 1 aromatic carbocycles. The fourth-order valence-corrected chi connectivity index (χ4v) is 3.86. The predicted molar refractivity (Wildman–Crippen MR) is 117 cm³/mol. The Kier molecular flexibility index (Phi) is 11.5. The molecule has 0 saturated carbocycles. The van der Waals surface area contributed by atoms with Crippen molar-refractivity contribution in [2.45, 2.75) is 78.2 Å². The SMILES string of the molecule is CCCCCCCCCCCOc1cccc(CN2CCN(CC)CC2)c1. The number of rotatable bonds is 14. The lowest BCUT2D eigenvalue weighted by Gasteiger charge is -2.34. The van der Waals surface area contributed by atoms with E-state index in [9.17, 15) is 0 Å². The van der Waals surface area contributed by atoms with Crippen LogP contribution in [-0.4, -0.2) is 49.1 Å². The third-order valence-corrected chi connectivity index (χ3v) is 5.73. The van der Waals surface area contributed by atoms with Crippen molar-refractivity contribution in [3.8, 4) is 5.75 Å². The molecular weight excluding hydrogens is 332 g/mol. The third kappa shape index (κ3) is 9.62. The minimum absolute atomic E-state index is 0.856. The Morgan fingerprint density at radius 2 is 1.41 bits per heavy atom. The maximum atomic E-state index is 6.00. The molecule has 3 nitrogen and oxygen atoms in total. The number of nitrogens with zero attached hydrogens (tertiary/aromatic N) is 2. The summed E-state index contributed by atoms with van der Waals surface area (Å²) >= 11 is 0. The molecule has 1 aliphatic rings. The summed E-state index contributed by atoms with van der Waals surface area (Å²) in [6.07, 6.45) is 12.2. The Balaban J connectivity index is 1.55. The van der Waals surface area contributed by atoms with Crippen LogP contribution in [-0.2, 0) is 6.54 Å². The van der Waals surface area contributed by atoms with Crippen molar-refractivity contribution in [1.29, 1.82) is 0 Å². The Bertz CT molecular complexity index is 483. The standard InChI is InChI=1S/C24H42N2O/c1-3-5-6-7-8-9-10-11-12-20-27-24-15-13-14-23(21-24)22-26-18-16-25(4-2)17-19-26/h13-15,21H,3-12,16-20,22H2,1-2H3. The van der Waals surface area contributed by atoms with E-state index in [1.807, 2.05) is 0 Å². The van der Waals surface area contributed by atoms with Crippen LogP contribution in [0.1, 0.15) is 77.2 Å². The molecule has 1 aliphatic heterocycles. The average Bonchev–Trinajstić information content (AvgIpc) is 2.70. The first-order chi connectivity index (χ1) is 13.3. The predicted octanol–water partition coefficient (Wildman–Crippen LogP) is 5.73. The minimum atomic E-state index is 0.856. The van der Waals surface area contributed by atoms with Gasteiger partial charge < -0.3 is 9.64 Å². The van der Waals surface area contributed by atoms with Crippen LogP contribution in [0.5, 0.6) is 5.75 Å². The molecule has 3 heteroatoms. The summed E-state index contributed by atoms with van der Waals surface area (Å²) < 4.78 is 6.00. The maximum Gasteiger partial charge on any atom is 0.119 e. The lowest BCUT2D eigenvalue weighted by Crippen LogP contribution is -2.45. The van der Waals surface area contributed by atoms with E-state index in [2.05, 4.69) is 47.9 Å². The van der Waals surface area contributed by atoms with Gasteiger partial charge in [-0.05, 0) is 30.7 Å². The first-order valence-corrected chi connectivity index (χ1v) is 11.5. The molecule has 1 fully saturated rings. The molecule has 0 N–H and O–H groups in total. The van der Waals surface area contributed by atoms with Crippen molar-refractivity contribution < 1.29 is 4.74 Å². The van der Waals surface area contributed by atoms with Crippen LogP contribution in [0.25, 0.3) is 0 Å². The maximum absolute atomic E-state index is 6.00. The van der Waals surface area contributed by atoms with Gasteiger partial charge in [-0.1, -0.05) is 77.3 Å². The van der Waals surface area contributed by atoms with Gasteiger partial charge in [-0.25, -0.2) is 0 Å². The highest BCUT2D eigenvalue weighted by Crippen LogP contribution is 2.17. The van der Waals surface area contributed by atoms with Crippen LogP contribution >= 0.6 is 0 Å². The fourth-order valence-electron chi connectivity index (χ4n) is 3.86. The van der Waals surface area contributed by atoms with E-state index < -0.39 is 0 Å². The molecule has 0 aromatic heterocycles. The van der Waals surface area contributed by atoms with E-state index in [0.717, 1.165) is 18.9 Å². The lowest BCUT2D eigenvalue weighted by atomic mass is 10.1. The van der Waals surface area contributed by atoms with Crippen molar-refractivity contribution >= 4 is 0 Å². The van der Waals surface area contributed by atoms with Crippen molar-refractivity contribution in [2.75, 3.05) is 39.3 Å². The minimum Gasteiger partial charge on any atom is -0.494 e. The van der Waals surface area contributed by atoms with Crippen LogP contribution in [0.3, 0.4) is 0 Å². The highest BCUT2D eigenvalue weighted by molar-refractivity contribution is 5.28. The molecule has 27 heavy (non-hydrogen) atoms. The van der Waals surface area contributed by atoms with Crippen LogP contribution in [0.15, 0.2) is 24.3 Å².